The van der Waals surface area contributed by atoms with Gasteiger partial charge in [0.05, 0.1) is 37.5 Å². The Kier molecular flexibility index (Phi) is 19.9. The molecule has 11 nitrogen and oxygen atoms in total. The van der Waals surface area contributed by atoms with Gasteiger partial charge in [-0.25, -0.2) is 0 Å². The minimum Gasteiger partial charge on any atom is -0.378 e. The van der Waals surface area contributed by atoms with Crippen LogP contribution in [0.4, 0.5) is 0 Å². The topological polar surface area (TPSA) is 129 Å². The van der Waals surface area contributed by atoms with E-state index < -0.39 is 35.5 Å². The fraction of sp³-hybridized carbons (Fsp3) is 0.636. The quantitative estimate of drug-likeness (QED) is 0.0770. The molecule has 11 heteroatoms. The number of benzene rings is 2. The third-order valence-electron chi connectivity index (χ3n) is 10.3. The maximum absolute atomic E-state index is 14.4. The van der Waals surface area contributed by atoms with E-state index >= 15 is 0 Å². The Hall–Kier alpha value is -3.80. The van der Waals surface area contributed by atoms with Crippen LogP contribution in [0.15, 0.2) is 54.6 Å². The number of rotatable bonds is 22. The number of ether oxygens (including phenoxy) is 2. The van der Waals surface area contributed by atoms with Gasteiger partial charge in [-0.2, -0.15) is 0 Å². The molecule has 1 aliphatic rings. The van der Waals surface area contributed by atoms with E-state index in [1.54, 1.807) is 26.0 Å². The zero-order valence-electron chi connectivity index (χ0n) is 34.7. The highest BCUT2D eigenvalue weighted by molar-refractivity contribution is 5.95. The van der Waals surface area contributed by atoms with E-state index in [1.165, 1.54) is 30.6 Å². The molecule has 0 aliphatic heterocycles. The third kappa shape index (κ3) is 16.1. The fourth-order valence-corrected chi connectivity index (χ4v) is 6.82. The number of nitrogens with one attached hydrogen (secondary N) is 3. The van der Waals surface area contributed by atoms with Crippen LogP contribution in [-0.2, 0) is 35.1 Å². The monoisotopic (exact) mass is 764 g/mol. The summed E-state index contributed by atoms with van der Waals surface area (Å²) in [5.74, 6) is -1.46. The van der Waals surface area contributed by atoms with Gasteiger partial charge in [-0.05, 0) is 76.3 Å². The lowest BCUT2D eigenvalue weighted by atomic mass is 9.97. The van der Waals surface area contributed by atoms with Crippen LogP contribution < -0.4 is 16.0 Å². The molecule has 3 unspecified atom stereocenters. The fourth-order valence-electron chi connectivity index (χ4n) is 6.82. The van der Waals surface area contributed by atoms with Crippen molar-refractivity contribution in [1.82, 2.24) is 25.8 Å². The van der Waals surface area contributed by atoms with Crippen LogP contribution in [0.1, 0.15) is 104 Å². The highest BCUT2D eigenvalue weighted by Crippen LogP contribution is 2.22. The lowest BCUT2D eigenvalue weighted by Crippen LogP contribution is -2.58. The van der Waals surface area contributed by atoms with Gasteiger partial charge in [-0.15, -0.1) is 0 Å². The SMILES string of the molecule is CCCCC(NC)C(=O)NC(Cc1cccc2ccccc12)C(=O)N(C)C(COC(C)(C)C)C(=O)NCC(=O)N(C)CC/C=C\CCOC1CCCCCC1. The van der Waals surface area contributed by atoms with E-state index in [4.69, 9.17) is 9.47 Å². The zero-order chi connectivity index (χ0) is 40.2. The first-order chi connectivity index (χ1) is 26.3. The molecule has 2 aromatic rings. The molecule has 1 saturated carbocycles. The summed E-state index contributed by atoms with van der Waals surface area (Å²) in [6, 6.07) is 11.3. The molecule has 0 bridgehead atoms. The first-order valence-electron chi connectivity index (χ1n) is 20.5. The minimum absolute atomic E-state index is 0.0958. The molecule has 2 aromatic carbocycles. The maximum atomic E-state index is 14.4. The van der Waals surface area contributed by atoms with Gasteiger partial charge in [0, 0.05) is 27.1 Å². The average molecular weight is 764 g/mol. The van der Waals surface area contributed by atoms with E-state index in [2.05, 4.69) is 35.0 Å². The summed E-state index contributed by atoms with van der Waals surface area (Å²) in [6.07, 6.45) is 16.2. The molecule has 0 aromatic heterocycles. The van der Waals surface area contributed by atoms with Crippen LogP contribution in [0.25, 0.3) is 10.8 Å². The second-order valence-electron chi connectivity index (χ2n) is 15.8. The second-order valence-corrected chi connectivity index (χ2v) is 15.8. The Morgan fingerprint density at radius 2 is 1.60 bits per heavy atom. The van der Waals surface area contributed by atoms with Crippen LogP contribution in [0.3, 0.4) is 0 Å². The van der Waals surface area contributed by atoms with Gasteiger partial charge in [0.2, 0.25) is 23.6 Å². The molecular weight excluding hydrogens is 695 g/mol. The van der Waals surface area contributed by atoms with E-state index in [0.717, 1.165) is 48.4 Å². The number of fused-ring (bicyclic) bond motifs is 1. The Bertz CT molecular complexity index is 1510. The predicted octanol–water partition coefficient (Wildman–Crippen LogP) is 5.94. The molecule has 0 saturated heterocycles. The number of hydrogen-bond donors (Lipinski definition) is 3. The number of amides is 4. The third-order valence-corrected chi connectivity index (χ3v) is 10.3. The summed E-state index contributed by atoms with van der Waals surface area (Å²) >= 11 is 0. The second kappa shape index (κ2) is 24.0. The van der Waals surface area contributed by atoms with Gasteiger partial charge in [-0.3, -0.25) is 19.2 Å². The molecule has 1 fully saturated rings. The van der Waals surface area contributed by atoms with Gasteiger partial charge in [-0.1, -0.05) is 100 Å². The van der Waals surface area contributed by atoms with Crippen molar-refractivity contribution in [3.63, 3.8) is 0 Å². The summed E-state index contributed by atoms with van der Waals surface area (Å²) in [6.45, 7) is 8.59. The summed E-state index contributed by atoms with van der Waals surface area (Å²) in [7, 11) is 5.01. The average Bonchev–Trinajstić information content (AvgIpc) is 3.44. The summed E-state index contributed by atoms with van der Waals surface area (Å²) in [4.78, 5) is 57.8. The number of likely N-dealkylation sites (N-methyl/N-ethyl adjacent to an activating group) is 3. The van der Waals surface area contributed by atoms with E-state index in [0.29, 0.717) is 32.1 Å². The van der Waals surface area contributed by atoms with Crippen LogP contribution in [0.2, 0.25) is 0 Å². The largest absolute Gasteiger partial charge is 0.378 e. The molecule has 306 valence electrons. The van der Waals surface area contributed by atoms with Crippen molar-refractivity contribution in [3.05, 3.63) is 60.2 Å². The lowest BCUT2D eigenvalue weighted by Gasteiger charge is -2.33. The van der Waals surface area contributed by atoms with Crippen molar-refractivity contribution in [1.29, 1.82) is 0 Å². The molecular formula is C44H69N5O6. The van der Waals surface area contributed by atoms with Crippen molar-refractivity contribution >= 4 is 34.4 Å². The van der Waals surface area contributed by atoms with Crippen LogP contribution in [0.5, 0.6) is 0 Å². The van der Waals surface area contributed by atoms with Crippen molar-refractivity contribution in [3.8, 4) is 0 Å². The number of carbonyl (C=O) groups excluding carboxylic acids is 4. The van der Waals surface area contributed by atoms with Gasteiger partial charge < -0.3 is 35.2 Å². The van der Waals surface area contributed by atoms with Gasteiger partial charge in [0.1, 0.15) is 12.1 Å². The number of carbonyl (C=O) groups is 4. The standard InChI is InChI=1S/C44H69N5O6/c1-8-9-27-37(45-5)41(51)47-38(30-34-23-20-22-33-21-16-17-26-36(33)34)43(53)49(7)39(32-55-44(2,3)4)42(52)46-31-40(50)48(6)28-18-12-13-19-29-54-35-24-14-10-11-15-25-35/h12-13,16-17,20-23,26,35,37-39,45H,8-11,14-15,18-19,24-25,27-32H2,1-7H3,(H,46,52)(H,47,51)/b13-12-. The van der Waals surface area contributed by atoms with E-state index in [9.17, 15) is 19.2 Å². The summed E-state index contributed by atoms with van der Waals surface area (Å²) < 4.78 is 12.1. The molecule has 3 atom stereocenters. The van der Waals surface area contributed by atoms with Crippen molar-refractivity contribution in [2.24, 2.45) is 0 Å². The lowest BCUT2D eigenvalue weighted by molar-refractivity contribution is -0.146. The van der Waals surface area contributed by atoms with Crippen LogP contribution in [0, 0.1) is 0 Å². The highest BCUT2D eigenvalue weighted by Gasteiger charge is 2.35. The number of hydrogen-bond acceptors (Lipinski definition) is 7. The maximum Gasteiger partial charge on any atom is 0.245 e. The number of unbranched alkanes of at least 4 members (excludes halogenated alkanes) is 1. The van der Waals surface area contributed by atoms with Crippen LogP contribution >= 0.6 is 0 Å². The summed E-state index contributed by atoms with van der Waals surface area (Å²) in [5, 5.41) is 10.9. The van der Waals surface area contributed by atoms with Gasteiger partial charge in [0.25, 0.3) is 0 Å². The molecule has 4 amide bonds. The molecule has 55 heavy (non-hydrogen) atoms. The Balaban J connectivity index is 1.67. The first-order valence-corrected chi connectivity index (χ1v) is 20.5. The van der Waals surface area contributed by atoms with Crippen molar-refractivity contribution in [2.45, 2.75) is 135 Å². The predicted molar refractivity (Wildman–Crippen MR) is 221 cm³/mol. The normalized spacial score (nSPS) is 15.6. The molecule has 3 N–H and O–H groups in total. The van der Waals surface area contributed by atoms with Gasteiger partial charge in [0.15, 0.2) is 0 Å². The molecule has 0 radical (unpaired) electrons. The summed E-state index contributed by atoms with van der Waals surface area (Å²) in [5.41, 5.74) is 0.307. The molecule has 1 aliphatic carbocycles. The van der Waals surface area contributed by atoms with Gasteiger partial charge >= 0.3 is 0 Å². The highest BCUT2D eigenvalue weighted by atomic mass is 16.5. The molecule has 3 rings (SSSR count). The smallest absolute Gasteiger partial charge is 0.245 e. The Morgan fingerprint density at radius 1 is 0.909 bits per heavy atom. The molecule has 0 heterocycles. The number of nitrogens with zero attached hydrogens (tertiary/aromatic N) is 2. The van der Waals surface area contributed by atoms with Crippen molar-refractivity contribution in [2.75, 3.05) is 47.4 Å². The minimum atomic E-state index is -1.06. The Labute approximate surface area is 330 Å². The van der Waals surface area contributed by atoms with E-state index in [-0.39, 0.29) is 31.4 Å². The van der Waals surface area contributed by atoms with E-state index in [1.807, 2.05) is 63.2 Å². The zero-order valence-corrected chi connectivity index (χ0v) is 34.7. The Morgan fingerprint density at radius 3 is 2.29 bits per heavy atom. The van der Waals surface area contributed by atoms with Crippen molar-refractivity contribution < 1.29 is 28.7 Å². The van der Waals surface area contributed by atoms with Crippen LogP contribution in [-0.4, -0.2) is 111 Å². The molecule has 0 spiro atoms. The first kappa shape index (κ1) is 45.6.